The molecule has 7 unspecified atom stereocenters. The van der Waals surface area contributed by atoms with Gasteiger partial charge in [-0.05, 0) is 51.2 Å². The van der Waals surface area contributed by atoms with Crippen molar-refractivity contribution in [3.05, 3.63) is 0 Å². The molecule has 0 bridgehead atoms. The topological polar surface area (TPSA) is 18.5 Å². The highest BCUT2D eigenvalue weighted by Gasteiger charge is 2.47. The lowest BCUT2D eigenvalue weighted by molar-refractivity contribution is 0.0301. The molecule has 0 aromatic carbocycles. The molecule has 2 nitrogen and oxygen atoms in total. The van der Waals surface area contributed by atoms with Crippen LogP contribution in [0.1, 0.15) is 73.1 Å². The maximum atomic E-state index is 6.12. The van der Waals surface area contributed by atoms with Crippen molar-refractivity contribution in [2.24, 2.45) is 11.8 Å². The van der Waals surface area contributed by atoms with Crippen LogP contribution < -0.4 is 0 Å². The molecule has 0 aromatic heterocycles. The van der Waals surface area contributed by atoms with Gasteiger partial charge in [0, 0.05) is 28.6 Å². The molecule has 4 fully saturated rings. The molecular formula is C22H40O2S3. The van der Waals surface area contributed by atoms with Crippen LogP contribution >= 0.6 is 35.3 Å². The fraction of sp³-hybridized carbons (Fsp3) is 1.00. The molecule has 4 heterocycles. The molecule has 0 amide bonds. The Labute approximate surface area is 180 Å². The van der Waals surface area contributed by atoms with Crippen LogP contribution in [0.2, 0.25) is 0 Å². The van der Waals surface area contributed by atoms with Crippen molar-refractivity contribution in [2.45, 2.75) is 107 Å². The van der Waals surface area contributed by atoms with E-state index < -0.39 is 0 Å². The van der Waals surface area contributed by atoms with Gasteiger partial charge in [0.25, 0.3) is 0 Å². The predicted octanol–water partition coefficient (Wildman–Crippen LogP) is 6.47. The zero-order valence-corrected chi connectivity index (χ0v) is 20.4. The fourth-order valence-electron chi connectivity index (χ4n) is 5.31. The van der Waals surface area contributed by atoms with Gasteiger partial charge >= 0.3 is 0 Å². The van der Waals surface area contributed by atoms with Crippen LogP contribution in [0.3, 0.4) is 0 Å². The van der Waals surface area contributed by atoms with Crippen molar-refractivity contribution >= 4 is 35.3 Å². The van der Waals surface area contributed by atoms with Crippen molar-refractivity contribution in [3.63, 3.8) is 0 Å². The number of rotatable bonds is 5. The summed E-state index contributed by atoms with van der Waals surface area (Å²) in [6.07, 6.45) is 9.62. The third-order valence-electron chi connectivity index (χ3n) is 6.91. The van der Waals surface area contributed by atoms with Crippen molar-refractivity contribution in [2.75, 3.05) is 17.3 Å². The summed E-state index contributed by atoms with van der Waals surface area (Å²) >= 11 is 6.45. The van der Waals surface area contributed by atoms with Crippen molar-refractivity contribution < 1.29 is 9.47 Å². The minimum atomic E-state index is 0.435. The van der Waals surface area contributed by atoms with E-state index in [0.717, 1.165) is 17.1 Å². The van der Waals surface area contributed by atoms with E-state index in [4.69, 9.17) is 9.47 Å². The SMILES string of the molecule is CCC1CC(C2(C)SCCS2)C(CC)O1.CCC1OC(CC)C2SCCC12. The van der Waals surface area contributed by atoms with Gasteiger partial charge in [-0.25, -0.2) is 0 Å². The van der Waals surface area contributed by atoms with Gasteiger partial charge in [0.15, 0.2) is 0 Å². The van der Waals surface area contributed by atoms with E-state index in [0.29, 0.717) is 28.5 Å². The van der Waals surface area contributed by atoms with Crippen LogP contribution in [0.25, 0.3) is 0 Å². The van der Waals surface area contributed by atoms with E-state index in [1.807, 2.05) is 0 Å². The first-order chi connectivity index (χ1) is 13.1. The van der Waals surface area contributed by atoms with Gasteiger partial charge in [-0.3, -0.25) is 0 Å². The molecule has 27 heavy (non-hydrogen) atoms. The summed E-state index contributed by atoms with van der Waals surface area (Å²) in [6, 6.07) is 0. The highest BCUT2D eigenvalue weighted by Crippen LogP contribution is 2.54. The summed E-state index contributed by atoms with van der Waals surface area (Å²) in [4.78, 5) is 0. The molecule has 4 aliphatic heterocycles. The van der Waals surface area contributed by atoms with Crippen LogP contribution in [0.5, 0.6) is 0 Å². The molecule has 5 heteroatoms. The lowest BCUT2D eigenvalue weighted by Gasteiger charge is -2.32. The summed E-state index contributed by atoms with van der Waals surface area (Å²) in [7, 11) is 0. The minimum Gasteiger partial charge on any atom is -0.375 e. The van der Waals surface area contributed by atoms with Gasteiger partial charge in [-0.1, -0.05) is 27.7 Å². The molecule has 0 radical (unpaired) electrons. The van der Waals surface area contributed by atoms with Crippen molar-refractivity contribution in [1.82, 2.24) is 0 Å². The van der Waals surface area contributed by atoms with Crippen LogP contribution in [-0.2, 0) is 9.47 Å². The van der Waals surface area contributed by atoms with Crippen LogP contribution in [0.15, 0.2) is 0 Å². The number of hydrogen-bond donors (Lipinski definition) is 0. The Kier molecular flexibility index (Phi) is 8.66. The van der Waals surface area contributed by atoms with E-state index in [-0.39, 0.29) is 0 Å². The second-order valence-corrected chi connectivity index (χ2v) is 13.1. The van der Waals surface area contributed by atoms with Crippen LogP contribution in [0.4, 0.5) is 0 Å². The van der Waals surface area contributed by atoms with Crippen molar-refractivity contribution in [3.8, 4) is 0 Å². The maximum absolute atomic E-state index is 6.12. The number of fused-ring (bicyclic) bond motifs is 1. The van der Waals surface area contributed by atoms with Crippen molar-refractivity contribution in [1.29, 1.82) is 0 Å². The van der Waals surface area contributed by atoms with E-state index in [1.54, 1.807) is 0 Å². The number of ether oxygens (including phenoxy) is 2. The second-order valence-electron chi connectivity index (χ2n) is 8.49. The summed E-state index contributed by atoms with van der Waals surface area (Å²) in [5.41, 5.74) is 0. The Balaban J connectivity index is 0.000000159. The molecule has 158 valence electrons. The Hall–Kier alpha value is 0.970. The fourth-order valence-corrected chi connectivity index (χ4v) is 10.3. The second kappa shape index (κ2) is 10.3. The van der Waals surface area contributed by atoms with E-state index in [1.165, 1.54) is 55.8 Å². The first-order valence-electron chi connectivity index (χ1n) is 11.3. The van der Waals surface area contributed by atoms with Gasteiger partial charge in [0.2, 0.25) is 0 Å². The predicted molar refractivity (Wildman–Crippen MR) is 124 cm³/mol. The van der Waals surface area contributed by atoms with E-state index in [9.17, 15) is 0 Å². The normalized spacial score (nSPS) is 42.8. The van der Waals surface area contributed by atoms with Crippen LogP contribution in [-0.4, -0.2) is 51.0 Å². The molecule has 0 spiro atoms. The van der Waals surface area contributed by atoms with Gasteiger partial charge in [-0.2, -0.15) is 11.8 Å². The Morgan fingerprint density at radius 3 is 2.07 bits per heavy atom. The van der Waals surface area contributed by atoms with Gasteiger partial charge in [0.1, 0.15) is 0 Å². The lowest BCUT2D eigenvalue weighted by Crippen LogP contribution is -2.31. The summed E-state index contributed by atoms with van der Waals surface area (Å²) in [5, 5.41) is 0.833. The largest absolute Gasteiger partial charge is 0.375 e. The third-order valence-corrected chi connectivity index (χ3v) is 11.9. The molecule has 7 atom stereocenters. The molecule has 4 aliphatic rings. The molecular weight excluding hydrogens is 392 g/mol. The average molecular weight is 433 g/mol. The Bertz CT molecular complexity index is 439. The number of hydrogen-bond acceptors (Lipinski definition) is 5. The molecule has 0 aliphatic carbocycles. The highest BCUT2D eigenvalue weighted by atomic mass is 32.2. The Morgan fingerprint density at radius 2 is 1.48 bits per heavy atom. The third kappa shape index (κ3) is 5.00. The lowest BCUT2D eigenvalue weighted by atomic mass is 9.93. The molecule has 0 N–H and O–H groups in total. The smallest absolute Gasteiger partial charge is 0.0698 e. The molecule has 0 saturated carbocycles. The monoisotopic (exact) mass is 432 g/mol. The average Bonchev–Trinajstić information content (AvgIpc) is 3.45. The zero-order chi connectivity index (χ0) is 19.4. The van der Waals surface area contributed by atoms with E-state index in [2.05, 4.69) is 69.9 Å². The highest BCUT2D eigenvalue weighted by molar-refractivity contribution is 8.21. The first kappa shape index (κ1) is 22.7. The number of thioether (sulfide) groups is 3. The van der Waals surface area contributed by atoms with Crippen LogP contribution in [0, 0.1) is 11.8 Å². The van der Waals surface area contributed by atoms with E-state index >= 15 is 0 Å². The minimum absolute atomic E-state index is 0.435. The molecule has 4 saturated heterocycles. The molecule has 0 aromatic rings. The Morgan fingerprint density at radius 1 is 0.815 bits per heavy atom. The summed E-state index contributed by atoms with van der Waals surface area (Å²) in [6.45, 7) is 11.5. The van der Waals surface area contributed by atoms with Gasteiger partial charge < -0.3 is 9.47 Å². The first-order valence-corrected chi connectivity index (χ1v) is 14.3. The summed E-state index contributed by atoms with van der Waals surface area (Å²) in [5.74, 6) is 5.66. The quantitative estimate of drug-likeness (QED) is 0.494. The van der Waals surface area contributed by atoms with Gasteiger partial charge in [-0.15, -0.1) is 23.5 Å². The maximum Gasteiger partial charge on any atom is 0.0698 e. The summed E-state index contributed by atoms with van der Waals surface area (Å²) < 4.78 is 12.6. The zero-order valence-electron chi connectivity index (χ0n) is 17.9. The molecule has 4 rings (SSSR count). The standard InChI is InChI=1S/C12H22OS2.C10H18OS/c1-4-9-8-10(11(5-2)13-9)12(3)14-6-7-15-12;1-3-8-7-5-6-12-10(7)9(4-2)11-8/h9-11H,4-8H2,1-3H3;7-10H,3-6H2,1-2H3. The van der Waals surface area contributed by atoms with Gasteiger partial charge in [0.05, 0.1) is 28.5 Å².